The lowest BCUT2D eigenvalue weighted by Gasteiger charge is -2.36. The van der Waals surface area contributed by atoms with Gasteiger partial charge in [0, 0.05) is 70.1 Å². The van der Waals surface area contributed by atoms with Crippen molar-refractivity contribution < 1.29 is 14.3 Å². The molecule has 0 amide bonds. The summed E-state index contributed by atoms with van der Waals surface area (Å²) in [7, 11) is 4.04. The van der Waals surface area contributed by atoms with Gasteiger partial charge in [0.05, 0.1) is 11.2 Å². The number of rotatable bonds is 6. The molecule has 1 N–H and O–H groups in total. The molecule has 1 aliphatic heterocycles. The van der Waals surface area contributed by atoms with Crippen LogP contribution in [0.3, 0.4) is 0 Å². The molecule has 0 atom stereocenters. The van der Waals surface area contributed by atoms with Crippen LogP contribution in [0.25, 0.3) is 10.9 Å². The SMILES string of the molecule is CC(C)n1cc(C(=O)O)c(=O)c2cc(F)c(N3CCN(Cc4ccc(N(C)C)cc4)CC3)cc21. The van der Waals surface area contributed by atoms with Gasteiger partial charge in [-0.05, 0) is 43.7 Å². The molecule has 34 heavy (non-hydrogen) atoms. The number of fused-ring (bicyclic) bond motifs is 1. The largest absolute Gasteiger partial charge is 0.477 e. The van der Waals surface area contributed by atoms with Crippen LogP contribution < -0.4 is 15.2 Å². The van der Waals surface area contributed by atoms with Crippen molar-refractivity contribution in [2.24, 2.45) is 0 Å². The number of carboxylic acid groups (broad SMARTS) is 1. The van der Waals surface area contributed by atoms with Crippen LogP contribution in [0.1, 0.15) is 35.8 Å². The standard InChI is InChI=1S/C26H31FN4O3/c1-17(2)31-16-21(26(33)34)25(32)20-13-22(27)24(14-23(20)31)30-11-9-29(10-12-30)15-18-5-7-19(8-6-18)28(3)4/h5-8,13-14,16-17H,9-12,15H2,1-4H3,(H,33,34). The van der Waals surface area contributed by atoms with E-state index >= 15 is 4.39 Å². The van der Waals surface area contributed by atoms with Gasteiger partial charge in [-0.2, -0.15) is 0 Å². The Bertz CT molecular complexity index is 1260. The summed E-state index contributed by atoms with van der Waals surface area (Å²) in [6.45, 7) is 7.57. The zero-order chi connectivity index (χ0) is 24.6. The van der Waals surface area contributed by atoms with E-state index in [9.17, 15) is 14.7 Å². The molecular formula is C26H31FN4O3. The summed E-state index contributed by atoms with van der Waals surface area (Å²) in [5.41, 5.74) is 2.39. The average Bonchev–Trinajstić information content (AvgIpc) is 2.80. The van der Waals surface area contributed by atoms with Gasteiger partial charge in [0.25, 0.3) is 0 Å². The van der Waals surface area contributed by atoms with Crippen molar-refractivity contribution in [3.8, 4) is 0 Å². The van der Waals surface area contributed by atoms with Gasteiger partial charge in [0.15, 0.2) is 0 Å². The van der Waals surface area contributed by atoms with Gasteiger partial charge < -0.3 is 19.5 Å². The van der Waals surface area contributed by atoms with E-state index in [1.165, 1.54) is 17.8 Å². The van der Waals surface area contributed by atoms with Crippen molar-refractivity contribution in [1.29, 1.82) is 0 Å². The Kier molecular flexibility index (Phi) is 6.61. The first-order valence-electron chi connectivity index (χ1n) is 11.5. The third kappa shape index (κ3) is 4.63. The number of carboxylic acids is 1. The Morgan fingerprint density at radius 2 is 1.74 bits per heavy atom. The molecule has 8 heteroatoms. The maximum Gasteiger partial charge on any atom is 0.341 e. The number of benzene rings is 2. The highest BCUT2D eigenvalue weighted by atomic mass is 19.1. The highest BCUT2D eigenvalue weighted by molar-refractivity contribution is 5.93. The summed E-state index contributed by atoms with van der Waals surface area (Å²) in [5.74, 6) is -1.81. The summed E-state index contributed by atoms with van der Waals surface area (Å²) >= 11 is 0. The zero-order valence-corrected chi connectivity index (χ0v) is 20.1. The van der Waals surface area contributed by atoms with Gasteiger partial charge >= 0.3 is 5.97 Å². The number of piperazine rings is 1. The first kappa shape index (κ1) is 23.8. The molecule has 4 rings (SSSR count). The molecule has 1 saturated heterocycles. The van der Waals surface area contributed by atoms with Crippen LogP contribution in [0.4, 0.5) is 15.8 Å². The van der Waals surface area contributed by atoms with Crippen LogP contribution in [0.2, 0.25) is 0 Å². The van der Waals surface area contributed by atoms with Crippen LogP contribution >= 0.6 is 0 Å². The van der Waals surface area contributed by atoms with E-state index in [1.807, 2.05) is 32.8 Å². The Hall–Kier alpha value is -3.39. The van der Waals surface area contributed by atoms with E-state index in [0.717, 1.165) is 25.3 Å². The molecule has 1 fully saturated rings. The second kappa shape index (κ2) is 9.46. The fraction of sp³-hybridized carbons (Fsp3) is 0.385. The van der Waals surface area contributed by atoms with Gasteiger partial charge in [0.2, 0.25) is 5.43 Å². The Balaban J connectivity index is 1.56. The maximum absolute atomic E-state index is 15.1. The molecule has 7 nitrogen and oxygen atoms in total. The van der Waals surface area contributed by atoms with Crippen molar-refractivity contribution in [3.05, 3.63) is 69.8 Å². The summed E-state index contributed by atoms with van der Waals surface area (Å²) in [5, 5.41) is 9.50. The molecule has 0 saturated carbocycles. The number of hydrogen-bond acceptors (Lipinski definition) is 5. The smallest absolute Gasteiger partial charge is 0.341 e. The molecule has 1 aliphatic rings. The molecule has 2 aromatic carbocycles. The molecule has 180 valence electrons. The summed E-state index contributed by atoms with van der Waals surface area (Å²) in [4.78, 5) is 30.6. The van der Waals surface area contributed by atoms with Crippen LogP contribution in [0.5, 0.6) is 0 Å². The lowest BCUT2D eigenvalue weighted by atomic mass is 10.1. The highest BCUT2D eigenvalue weighted by Gasteiger charge is 2.23. The Labute approximate surface area is 198 Å². The third-order valence-electron chi connectivity index (χ3n) is 6.46. The normalized spacial score (nSPS) is 14.7. The maximum atomic E-state index is 15.1. The van der Waals surface area contributed by atoms with Crippen molar-refractivity contribution in [2.75, 3.05) is 50.1 Å². The van der Waals surface area contributed by atoms with Gasteiger partial charge in [0.1, 0.15) is 11.4 Å². The van der Waals surface area contributed by atoms with Crippen LogP contribution in [-0.2, 0) is 6.54 Å². The number of halogens is 1. The Morgan fingerprint density at radius 3 is 2.29 bits per heavy atom. The van der Waals surface area contributed by atoms with Crippen molar-refractivity contribution in [3.63, 3.8) is 0 Å². The lowest BCUT2D eigenvalue weighted by Crippen LogP contribution is -2.46. The molecule has 0 aliphatic carbocycles. The predicted octanol–water partition coefficient (Wildman–Crippen LogP) is 3.81. The summed E-state index contributed by atoms with van der Waals surface area (Å²) < 4.78 is 16.9. The third-order valence-corrected chi connectivity index (χ3v) is 6.46. The minimum absolute atomic E-state index is 0.0877. The minimum atomic E-state index is -1.31. The van der Waals surface area contributed by atoms with E-state index < -0.39 is 17.2 Å². The number of pyridine rings is 1. The fourth-order valence-corrected chi connectivity index (χ4v) is 4.49. The van der Waals surface area contributed by atoms with E-state index in [-0.39, 0.29) is 17.0 Å². The second-order valence-corrected chi connectivity index (χ2v) is 9.32. The molecule has 0 radical (unpaired) electrons. The number of aromatic nitrogens is 1. The van der Waals surface area contributed by atoms with E-state index in [0.29, 0.717) is 24.3 Å². The zero-order valence-electron chi connectivity index (χ0n) is 20.1. The van der Waals surface area contributed by atoms with Crippen molar-refractivity contribution >= 4 is 28.2 Å². The van der Waals surface area contributed by atoms with Crippen LogP contribution in [0, 0.1) is 5.82 Å². The fourth-order valence-electron chi connectivity index (χ4n) is 4.49. The Morgan fingerprint density at radius 1 is 1.09 bits per heavy atom. The number of nitrogens with zero attached hydrogens (tertiary/aromatic N) is 4. The van der Waals surface area contributed by atoms with Gasteiger partial charge in [-0.25, -0.2) is 9.18 Å². The first-order valence-corrected chi connectivity index (χ1v) is 11.5. The van der Waals surface area contributed by atoms with Crippen LogP contribution in [-0.4, -0.2) is 60.8 Å². The topological polar surface area (TPSA) is 69.0 Å². The first-order chi connectivity index (χ1) is 16.2. The molecule has 0 bridgehead atoms. The number of aromatic carboxylic acids is 1. The predicted molar refractivity (Wildman–Crippen MR) is 134 cm³/mol. The van der Waals surface area contributed by atoms with Crippen molar-refractivity contribution in [1.82, 2.24) is 9.47 Å². The van der Waals surface area contributed by atoms with Crippen molar-refractivity contribution in [2.45, 2.75) is 26.4 Å². The van der Waals surface area contributed by atoms with Gasteiger partial charge in [-0.15, -0.1) is 0 Å². The molecular weight excluding hydrogens is 435 g/mol. The average molecular weight is 467 g/mol. The number of carbonyl (C=O) groups is 1. The van der Waals surface area contributed by atoms with E-state index in [2.05, 4.69) is 34.1 Å². The molecule has 0 spiro atoms. The summed E-state index contributed by atoms with van der Waals surface area (Å²) in [6, 6.07) is 11.3. The molecule has 2 heterocycles. The number of anilines is 2. The summed E-state index contributed by atoms with van der Waals surface area (Å²) in [6.07, 6.45) is 1.36. The highest BCUT2D eigenvalue weighted by Crippen LogP contribution is 2.28. The lowest BCUT2D eigenvalue weighted by molar-refractivity contribution is 0.0694. The van der Waals surface area contributed by atoms with Crippen LogP contribution in [0.15, 0.2) is 47.4 Å². The van der Waals surface area contributed by atoms with Gasteiger partial charge in [-0.3, -0.25) is 9.69 Å². The molecule has 1 aromatic heterocycles. The van der Waals surface area contributed by atoms with E-state index in [1.54, 1.807) is 10.6 Å². The monoisotopic (exact) mass is 466 g/mol. The minimum Gasteiger partial charge on any atom is -0.477 e. The van der Waals surface area contributed by atoms with Gasteiger partial charge in [-0.1, -0.05) is 12.1 Å². The molecule has 3 aromatic rings. The van der Waals surface area contributed by atoms with E-state index in [4.69, 9.17) is 0 Å². The number of hydrogen-bond donors (Lipinski definition) is 1. The quantitative estimate of drug-likeness (QED) is 0.596. The molecule has 0 unspecified atom stereocenters. The second-order valence-electron chi connectivity index (χ2n) is 9.32.